The maximum absolute atomic E-state index is 10.9. The molecule has 0 bridgehead atoms. The first kappa shape index (κ1) is 17.4. The van der Waals surface area contributed by atoms with Crippen molar-refractivity contribution in [3.05, 3.63) is 82.9 Å². The molecule has 0 saturated heterocycles. The number of nitrogens with zero attached hydrogens (tertiary/aromatic N) is 3. The van der Waals surface area contributed by atoms with E-state index < -0.39 is 4.92 Å². The minimum atomic E-state index is -0.430. The second kappa shape index (κ2) is 7.32. The van der Waals surface area contributed by atoms with Crippen molar-refractivity contribution in [1.29, 1.82) is 0 Å². The first-order valence-corrected chi connectivity index (χ1v) is 8.57. The molecule has 28 heavy (non-hydrogen) atoms. The standard InChI is InChI=1S/C21H16N4O3/c1-28-17-6-4-5-15(13-17)22-21-18-7-2-3-8-19(18)23-20(24-21)14-9-11-16(12-10-14)25(26)27/h2-13H,1H3,(H,22,23,24). The van der Waals surface area contributed by atoms with E-state index in [-0.39, 0.29) is 5.69 Å². The summed E-state index contributed by atoms with van der Waals surface area (Å²) >= 11 is 0. The van der Waals surface area contributed by atoms with E-state index >= 15 is 0 Å². The lowest BCUT2D eigenvalue weighted by molar-refractivity contribution is -0.384. The van der Waals surface area contributed by atoms with Crippen LogP contribution in [0.4, 0.5) is 17.2 Å². The lowest BCUT2D eigenvalue weighted by Crippen LogP contribution is -1.99. The highest BCUT2D eigenvalue weighted by Crippen LogP contribution is 2.29. The molecule has 7 heteroatoms. The molecule has 7 nitrogen and oxygen atoms in total. The summed E-state index contributed by atoms with van der Waals surface area (Å²) in [7, 11) is 1.62. The molecule has 1 N–H and O–H groups in total. The largest absolute Gasteiger partial charge is 0.497 e. The number of nitro benzene ring substituents is 1. The summed E-state index contributed by atoms with van der Waals surface area (Å²) in [6.07, 6.45) is 0. The first-order valence-electron chi connectivity index (χ1n) is 8.57. The van der Waals surface area contributed by atoms with Gasteiger partial charge in [-0.25, -0.2) is 9.97 Å². The van der Waals surface area contributed by atoms with Gasteiger partial charge >= 0.3 is 0 Å². The molecule has 0 aliphatic carbocycles. The van der Waals surface area contributed by atoms with Crippen molar-refractivity contribution in [3.63, 3.8) is 0 Å². The summed E-state index contributed by atoms with van der Waals surface area (Å²) in [6.45, 7) is 0. The Kier molecular flexibility index (Phi) is 4.55. The number of nitro groups is 1. The molecular formula is C21H16N4O3. The number of rotatable bonds is 5. The summed E-state index contributed by atoms with van der Waals surface area (Å²) in [4.78, 5) is 19.7. The van der Waals surface area contributed by atoms with E-state index in [9.17, 15) is 10.1 Å². The number of methoxy groups -OCH3 is 1. The number of aromatic nitrogens is 2. The van der Waals surface area contributed by atoms with Gasteiger partial charge in [0.2, 0.25) is 0 Å². The number of benzene rings is 3. The summed E-state index contributed by atoms with van der Waals surface area (Å²) in [5.74, 6) is 1.87. The highest BCUT2D eigenvalue weighted by atomic mass is 16.6. The first-order chi connectivity index (χ1) is 13.6. The van der Waals surface area contributed by atoms with Crippen LogP contribution < -0.4 is 10.1 Å². The Morgan fingerprint density at radius 2 is 1.75 bits per heavy atom. The van der Waals surface area contributed by atoms with Crippen LogP contribution in [-0.2, 0) is 0 Å². The third-order valence-electron chi connectivity index (χ3n) is 4.27. The van der Waals surface area contributed by atoms with Crippen LogP contribution >= 0.6 is 0 Å². The molecule has 0 saturated carbocycles. The highest BCUT2D eigenvalue weighted by Gasteiger charge is 2.12. The Morgan fingerprint density at radius 1 is 0.964 bits per heavy atom. The van der Waals surface area contributed by atoms with Crippen molar-refractivity contribution >= 4 is 28.1 Å². The SMILES string of the molecule is COc1cccc(Nc2nc(-c3ccc([N+](=O)[O-])cc3)nc3ccccc23)c1. The Balaban J connectivity index is 1.79. The molecular weight excluding hydrogens is 356 g/mol. The normalized spacial score (nSPS) is 10.6. The number of hydrogen-bond acceptors (Lipinski definition) is 6. The fourth-order valence-corrected chi connectivity index (χ4v) is 2.87. The Morgan fingerprint density at radius 3 is 2.50 bits per heavy atom. The van der Waals surface area contributed by atoms with E-state index in [0.29, 0.717) is 17.2 Å². The van der Waals surface area contributed by atoms with E-state index in [2.05, 4.69) is 15.3 Å². The van der Waals surface area contributed by atoms with E-state index in [1.165, 1.54) is 12.1 Å². The van der Waals surface area contributed by atoms with Crippen LogP contribution in [-0.4, -0.2) is 22.0 Å². The zero-order chi connectivity index (χ0) is 19.5. The molecule has 4 rings (SSSR count). The summed E-state index contributed by atoms with van der Waals surface area (Å²) in [5, 5.41) is 15.1. The fourth-order valence-electron chi connectivity index (χ4n) is 2.87. The van der Waals surface area contributed by atoms with E-state index in [0.717, 1.165) is 22.3 Å². The Bertz CT molecular complexity index is 1160. The van der Waals surface area contributed by atoms with Gasteiger partial charge in [-0.3, -0.25) is 10.1 Å². The third kappa shape index (κ3) is 3.45. The van der Waals surface area contributed by atoms with E-state index in [1.54, 1.807) is 19.2 Å². The molecule has 1 heterocycles. The third-order valence-corrected chi connectivity index (χ3v) is 4.27. The van der Waals surface area contributed by atoms with Gasteiger partial charge in [0.05, 0.1) is 17.5 Å². The predicted octanol–water partition coefficient (Wildman–Crippen LogP) is 4.96. The van der Waals surface area contributed by atoms with Gasteiger partial charge in [-0.05, 0) is 36.4 Å². The zero-order valence-electron chi connectivity index (χ0n) is 15.0. The second-order valence-electron chi connectivity index (χ2n) is 6.07. The number of non-ortho nitro benzene ring substituents is 1. The number of fused-ring (bicyclic) bond motifs is 1. The quantitative estimate of drug-likeness (QED) is 0.393. The van der Waals surface area contributed by atoms with Crippen LogP contribution in [0.1, 0.15) is 0 Å². The number of anilines is 2. The summed E-state index contributed by atoms with van der Waals surface area (Å²) in [5.41, 5.74) is 2.33. The smallest absolute Gasteiger partial charge is 0.269 e. The van der Waals surface area contributed by atoms with Gasteiger partial charge in [0, 0.05) is 34.8 Å². The maximum atomic E-state index is 10.9. The molecule has 0 aliphatic heterocycles. The zero-order valence-corrected chi connectivity index (χ0v) is 15.0. The van der Waals surface area contributed by atoms with E-state index in [1.807, 2.05) is 48.5 Å². The van der Waals surface area contributed by atoms with Crippen LogP contribution in [0.3, 0.4) is 0 Å². The van der Waals surface area contributed by atoms with Gasteiger partial charge in [0.15, 0.2) is 5.82 Å². The molecule has 1 aromatic heterocycles. The van der Waals surface area contributed by atoms with Crippen LogP contribution in [0.25, 0.3) is 22.3 Å². The average molecular weight is 372 g/mol. The number of nitrogens with one attached hydrogen (secondary N) is 1. The van der Waals surface area contributed by atoms with Crippen molar-refractivity contribution < 1.29 is 9.66 Å². The lowest BCUT2D eigenvalue weighted by Gasteiger charge is -2.12. The van der Waals surface area contributed by atoms with Gasteiger partial charge in [-0.1, -0.05) is 18.2 Å². The second-order valence-corrected chi connectivity index (χ2v) is 6.07. The van der Waals surface area contributed by atoms with Crippen molar-refractivity contribution in [3.8, 4) is 17.1 Å². The van der Waals surface area contributed by atoms with Gasteiger partial charge in [-0.2, -0.15) is 0 Å². The minimum Gasteiger partial charge on any atom is -0.497 e. The molecule has 0 unspecified atom stereocenters. The number of ether oxygens (including phenoxy) is 1. The monoisotopic (exact) mass is 372 g/mol. The number of para-hydroxylation sites is 1. The molecule has 4 aromatic rings. The molecule has 0 fully saturated rings. The molecule has 3 aromatic carbocycles. The van der Waals surface area contributed by atoms with Crippen molar-refractivity contribution in [2.24, 2.45) is 0 Å². The molecule has 0 aliphatic rings. The van der Waals surface area contributed by atoms with Crippen molar-refractivity contribution in [2.75, 3.05) is 12.4 Å². The lowest BCUT2D eigenvalue weighted by atomic mass is 10.1. The predicted molar refractivity (Wildman–Crippen MR) is 108 cm³/mol. The summed E-state index contributed by atoms with van der Waals surface area (Å²) in [6, 6.07) is 21.4. The van der Waals surface area contributed by atoms with Crippen LogP contribution in [0.5, 0.6) is 5.75 Å². The van der Waals surface area contributed by atoms with Crippen LogP contribution in [0.2, 0.25) is 0 Å². The molecule has 0 amide bonds. The number of hydrogen-bond donors (Lipinski definition) is 1. The Labute approximate surface area is 160 Å². The molecule has 138 valence electrons. The molecule has 0 radical (unpaired) electrons. The highest BCUT2D eigenvalue weighted by molar-refractivity contribution is 5.92. The average Bonchev–Trinajstić information content (AvgIpc) is 2.74. The topological polar surface area (TPSA) is 90.2 Å². The van der Waals surface area contributed by atoms with Crippen molar-refractivity contribution in [2.45, 2.75) is 0 Å². The van der Waals surface area contributed by atoms with Crippen molar-refractivity contribution in [1.82, 2.24) is 9.97 Å². The maximum Gasteiger partial charge on any atom is 0.269 e. The Hall–Kier alpha value is -4.00. The van der Waals surface area contributed by atoms with Gasteiger partial charge in [0.1, 0.15) is 11.6 Å². The van der Waals surface area contributed by atoms with Gasteiger partial charge in [-0.15, -0.1) is 0 Å². The molecule has 0 atom stereocenters. The fraction of sp³-hybridized carbons (Fsp3) is 0.0476. The van der Waals surface area contributed by atoms with E-state index in [4.69, 9.17) is 4.74 Å². The van der Waals surface area contributed by atoms with Gasteiger partial charge < -0.3 is 10.1 Å². The van der Waals surface area contributed by atoms with Crippen LogP contribution in [0.15, 0.2) is 72.8 Å². The molecule has 0 spiro atoms. The van der Waals surface area contributed by atoms with Crippen LogP contribution in [0, 0.1) is 10.1 Å². The van der Waals surface area contributed by atoms with Gasteiger partial charge in [0.25, 0.3) is 5.69 Å². The summed E-state index contributed by atoms with van der Waals surface area (Å²) < 4.78 is 5.28. The minimum absolute atomic E-state index is 0.0271.